The highest BCUT2D eigenvalue weighted by atomic mass is 16.5. The first-order valence-electron chi connectivity index (χ1n) is 8.79. The average Bonchev–Trinajstić information content (AvgIpc) is 3.04. The molecule has 1 aromatic heterocycles. The summed E-state index contributed by atoms with van der Waals surface area (Å²) in [4.78, 5) is 15.5. The molecule has 0 aliphatic heterocycles. The molecule has 1 amide bonds. The standard InChI is InChI=1S/C21H24N2O2/c1-2-3-11-25-18-8-6-7-16(12-18)14-23-21(24)13-17-15-22-20-10-5-4-9-19(17)20/h4-10,12,15,22H,2-3,11,13-14H2,1H3,(H,23,24). The normalized spacial score (nSPS) is 10.8. The fourth-order valence-electron chi connectivity index (χ4n) is 2.79. The Morgan fingerprint density at radius 2 is 2.04 bits per heavy atom. The van der Waals surface area contributed by atoms with Gasteiger partial charge in [0.2, 0.25) is 5.91 Å². The van der Waals surface area contributed by atoms with E-state index in [0.29, 0.717) is 13.0 Å². The first-order chi connectivity index (χ1) is 12.3. The molecule has 0 atom stereocenters. The molecule has 0 unspecified atom stereocenters. The van der Waals surface area contributed by atoms with Crippen LogP contribution in [-0.4, -0.2) is 17.5 Å². The van der Waals surface area contributed by atoms with Crippen LogP contribution in [0.5, 0.6) is 5.75 Å². The van der Waals surface area contributed by atoms with Gasteiger partial charge in [-0.15, -0.1) is 0 Å². The monoisotopic (exact) mass is 336 g/mol. The lowest BCUT2D eigenvalue weighted by molar-refractivity contribution is -0.120. The number of carbonyl (C=O) groups excluding carboxylic acids is 1. The summed E-state index contributed by atoms with van der Waals surface area (Å²) >= 11 is 0. The van der Waals surface area contributed by atoms with Gasteiger partial charge in [0.25, 0.3) is 0 Å². The van der Waals surface area contributed by atoms with Crippen LogP contribution in [0.2, 0.25) is 0 Å². The van der Waals surface area contributed by atoms with E-state index >= 15 is 0 Å². The molecule has 25 heavy (non-hydrogen) atoms. The summed E-state index contributed by atoms with van der Waals surface area (Å²) in [5.41, 5.74) is 3.12. The molecule has 130 valence electrons. The molecular weight excluding hydrogens is 312 g/mol. The van der Waals surface area contributed by atoms with Gasteiger partial charge in [-0.05, 0) is 35.7 Å². The van der Waals surface area contributed by atoms with E-state index in [-0.39, 0.29) is 5.91 Å². The fraction of sp³-hybridized carbons (Fsp3) is 0.286. The van der Waals surface area contributed by atoms with Crippen molar-refractivity contribution in [2.75, 3.05) is 6.61 Å². The van der Waals surface area contributed by atoms with Gasteiger partial charge in [-0.1, -0.05) is 43.7 Å². The number of fused-ring (bicyclic) bond motifs is 1. The predicted molar refractivity (Wildman–Crippen MR) is 101 cm³/mol. The lowest BCUT2D eigenvalue weighted by atomic mass is 10.1. The van der Waals surface area contributed by atoms with Crippen LogP contribution in [0.4, 0.5) is 0 Å². The Morgan fingerprint density at radius 3 is 2.92 bits per heavy atom. The van der Waals surface area contributed by atoms with Gasteiger partial charge in [-0.2, -0.15) is 0 Å². The second-order valence-electron chi connectivity index (χ2n) is 6.16. The van der Waals surface area contributed by atoms with Crippen LogP contribution in [0.1, 0.15) is 30.9 Å². The number of H-pyrrole nitrogens is 1. The number of hydrogen-bond acceptors (Lipinski definition) is 2. The Bertz CT molecular complexity index is 839. The number of carbonyl (C=O) groups is 1. The van der Waals surface area contributed by atoms with Crippen LogP contribution in [0.3, 0.4) is 0 Å². The predicted octanol–water partition coefficient (Wildman–Crippen LogP) is 4.21. The fourth-order valence-corrected chi connectivity index (χ4v) is 2.79. The molecule has 0 radical (unpaired) electrons. The molecule has 0 fully saturated rings. The number of para-hydroxylation sites is 1. The summed E-state index contributed by atoms with van der Waals surface area (Å²) in [5.74, 6) is 0.874. The number of aromatic amines is 1. The largest absolute Gasteiger partial charge is 0.494 e. The van der Waals surface area contributed by atoms with Crippen molar-refractivity contribution in [1.29, 1.82) is 0 Å². The zero-order valence-electron chi connectivity index (χ0n) is 14.5. The quantitative estimate of drug-likeness (QED) is 0.606. The van der Waals surface area contributed by atoms with Crippen molar-refractivity contribution >= 4 is 16.8 Å². The number of benzene rings is 2. The maximum atomic E-state index is 12.3. The van der Waals surface area contributed by atoms with Crippen molar-refractivity contribution in [3.63, 3.8) is 0 Å². The van der Waals surface area contributed by atoms with Gasteiger partial charge in [-0.3, -0.25) is 4.79 Å². The minimum atomic E-state index is 0.0158. The maximum absolute atomic E-state index is 12.3. The van der Waals surface area contributed by atoms with Crippen molar-refractivity contribution in [2.24, 2.45) is 0 Å². The molecule has 3 rings (SSSR count). The Morgan fingerprint density at radius 1 is 1.16 bits per heavy atom. The highest BCUT2D eigenvalue weighted by Gasteiger charge is 2.08. The van der Waals surface area contributed by atoms with Crippen LogP contribution >= 0.6 is 0 Å². The van der Waals surface area contributed by atoms with Crippen LogP contribution in [0.25, 0.3) is 10.9 Å². The first-order valence-corrected chi connectivity index (χ1v) is 8.79. The van der Waals surface area contributed by atoms with E-state index in [0.717, 1.165) is 47.2 Å². The van der Waals surface area contributed by atoms with Gasteiger partial charge >= 0.3 is 0 Å². The van der Waals surface area contributed by atoms with Crippen molar-refractivity contribution in [3.05, 3.63) is 65.9 Å². The number of rotatable bonds is 8. The van der Waals surface area contributed by atoms with Crippen molar-refractivity contribution in [2.45, 2.75) is 32.7 Å². The molecule has 0 saturated heterocycles. The highest BCUT2D eigenvalue weighted by Crippen LogP contribution is 2.18. The van der Waals surface area contributed by atoms with E-state index in [4.69, 9.17) is 4.74 Å². The minimum absolute atomic E-state index is 0.0158. The second kappa shape index (κ2) is 8.38. The number of ether oxygens (including phenoxy) is 1. The Balaban J connectivity index is 1.54. The minimum Gasteiger partial charge on any atom is -0.494 e. The van der Waals surface area contributed by atoms with Gasteiger partial charge in [0.05, 0.1) is 13.0 Å². The molecule has 3 aromatic rings. The maximum Gasteiger partial charge on any atom is 0.224 e. The molecule has 0 saturated carbocycles. The Hall–Kier alpha value is -2.75. The van der Waals surface area contributed by atoms with Gasteiger partial charge in [0, 0.05) is 23.6 Å². The van der Waals surface area contributed by atoms with Crippen LogP contribution in [-0.2, 0) is 17.8 Å². The average molecular weight is 336 g/mol. The Labute approximate surface area is 148 Å². The zero-order valence-corrected chi connectivity index (χ0v) is 14.5. The van der Waals surface area contributed by atoms with Crippen LogP contribution < -0.4 is 10.1 Å². The van der Waals surface area contributed by atoms with Crippen LogP contribution in [0, 0.1) is 0 Å². The summed E-state index contributed by atoms with van der Waals surface area (Å²) in [6.07, 6.45) is 4.44. The zero-order chi connectivity index (χ0) is 17.5. The number of unbranched alkanes of at least 4 members (excludes halogenated alkanes) is 1. The number of aromatic nitrogens is 1. The second-order valence-corrected chi connectivity index (χ2v) is 6.16. The van der Waals surface area contributed by atoms with Crippen molar-refractivity contribution in [3.8, 4) is 5.75 Å². The van der Waals surface area contributed by atoms with Gasteiger partial charge in [0.15, 0.2) is 0 Å². The van der Waals surface area contributed by atoms with Gasteiger partial charge in [0.1, 0.15) is 5.75 Å². The highest BCUT2D eigenvalue weighted by molar-refractivity contribution is 5.88. The molecule has 2 N–H and O–H groups in total. The third-order valence-electron chi connectivity index (χ3n) is 4.18. The van der Waals surface area contributed by atoms with E-state index in [1.54, 1.807) is 0 Å². The lowest BCUT2D eigenvalue weighted by Gasteiger charge is -2.09. The van der Waals surface area contributed by atoms with Gasteiger partial charge < -0.3 is 15.0 Å². The molecule has 1 heterocycles. The van der Waals surface area contributed by atoms with E-state index in [9.17, 15) is 4.79 Å². The van der Waals surface area contributed by atoms with Gasteiger partial charge in [-0.25, -0.2) is 0 Å². The summed E-state index contributed by atoms with van der Waals surface area (Å²) in [6, 6.07) is 15.9. The first kappa shape index (κ1) is 17.1. The van der Waals surface area contributed by atoms with Crippen molar-refractivity contribution in [1.82, 2.24) is 10.3 Å². The molecule has 2 aromatic carbocycles. The Kier molecular flexibility index (Phi) is 5.73. The third-order valence-corrected chi connectivity index (χ3v) is 4.18. The number of nitrogens with one attached hydrogen (secondary N) is 2. The summed E-state index contributed by atoms with van der Waals surface area (Å²) in [7, 11) is 0. The van der Waals surface area contributed by atoms with E-state index in [2.05, 4.69) is 17.2 Å². The van der Waals surface area contributed by atoms with E-state index in [1.807, 2.05) is 54.7 Å². The molecule has 4 nitrogen and oxygen atoms in total. The summed E-state index contributed by atoms with van der Waals surface area (Å²) in [6.45, 7) is 3.38. The molecule has 0 aliphatic rings. The number of amides is 1. The molecule has 4 heteroatoms. The van der Waals surface area contributed by atoms with Crippen molar-refractivity contribution < 1.29 is 9.53 Å². The molecule has 0 spiro atoms. The van der Waals surface area contributed by atoms with Crippen LogP contribution in [0.15, 0.2) is 54.7 Å². The SMILES string of the molecule is CCCCOc1cccc(CNC(=O)Cc2c[nH]c3ccccc23)c1. The molecular formula is C21H24N2O2. The van der Waals surface area contributed by atoms with E-state index in [1.165, 1.54) is 0 Å². The third kappa shape index (κ3) is 4.63. The van der Waals surface area contributed by atoms with E-state index < -0.39 is 0 Å². The number of hydrogen-bond donors (Lipinski definition) is 2. The lowest BCUT2D eigenvalue weighted by Crippen LogP contribution is -2.24. The smallest absolute Gasteiger partial charge is 0.224 e. The topological polar surface area (TPSA) is 54.1 Å². The molecule has 0 aliphatic carbocycles. The molecule has 0 bridgehead atoms. The summed E-state index contributed by atoms with van der Waals surface area (Å²) in [5, 5.41) is 4.09. The summed E-state index contributed by atoms with van der Waals surface area (Å²) < 4.78 is 5.71.